The number of hydrogen-bond acceptors (Lipinski definition) is 5. The molecule has 9 heteroatoms. The van der Waals surface area contributed by atoms with Gasteiger partial charge in [0.1, 0.15) is 11.4 Å². The van der Waals surface area contributed by atoms with Crippen LogP contribution in [0.2, 0.25) is 0 Å². The van der Waals surface area contributed by atoms with Crippen molar-refractivity contribution in [1.29, 1.82) is 5.26 Å². The Balaban J connectivity index is 1.81. The van der Waals surface area contributed by atoms with Crippen molar-refractivity contribution in [3.05, 3.63) is 53.6 Å². The normalized spacial score (nSPS) is 17.2. The fourth-order valence-electron chi connectivity index (χ4n) is 3.21. The monoisotopic (exact) mass is 414 g/mol. The topological polar surface area (TPSA) is 120 Å². The second-order valence-corrected chi connectivity index (χ2v) is 9.28. The Morgan fingerprint density at radius 3 is 2.45 bits per heavy atom. The number of nitriles is 1. The molecular formula is C20H22N4O4S. The maximum absolute atomic E-state index is 12.5. The van der Waals surface area contributed by atoms with Crippen LogP contribution in [0.25, 0.3) is 0 Å². The lowest BCUT2D eigenvalue weighted by atomic mass is 9.89. The van der Waals surface area contributed by atoms with Crippen LogP contribution in [-0.4, -0.2) is 26.3 Å². The van der Waals surface area contributed by atoms with Gasteiger partial charge in [0.15, 0.2) is 0 Å². The Morgan fingerprint density at radius 2 is 1.83 bits per heavy atom. The summed E-state index contributed by atoms with van der Waals surface area (Å²) in [6, 6.07) is 12.7. The number of nitrogens with zero attached hydrogens (tertiary/aromatic N) is 1. The number of fused-ring (bicyclic) bond motifs is 1. The van der Waals surface area contributed by atoms with E-state index in [1.807, 2.05) is 19.9 Å². The van der Waals surface area contributed by atoms with E-state index < -0.39 is 21.7 Å². The predicted octanol–water partition coefficient (Wildman–Crippen LogP) is 3.35. The van der Waals surface area contributed by atoms with Gasteiger partial charge in [0.2, 0.25) is 10.0 Å². The maximum atomic E-state index is 12.5. The second-order valence-electron chi connectivity index (χ2n) is 7.53. The molecule has 0 saturated carbocycles. The molecule has 0 radical (unpaired) electrons. The quantitative estimate of drug-likeness (QED) is 0.708. The number of carbonyl (C=O) groups excluding carboxylic acids is 1. The Labute approximate surface area is 169 Å². The largest absolute Gasteiger partial charge is 0.487 e. The third-order valence-corrected chi connectivity index (χ3v) is 4.95. The lowest BCUT2D eigenvalue weighted by Crippen LogP contribution is -2.42. The zero-order valence-corrected chi connectivity index (χ0v) is 17.1. The predicted molar refractivity (Wildman–Crippen MR) is 110 cm³/mol. The SMILES string of the molecule is CC1(C)CC(NC(=O)Nc2ccc(C#N)cc2)c2cc(NS(C)(=O)=O)ccc2O1. The van der Waals surface area contributed by atoms with Crippen LogP contribution in [0, 0.1) is 11.3 Å². The summed E-state index contributed by atoms with van der Waals surface area (Å²) in [7, 11) is -3.43. The van der Waals surface area contributed by atoms with Gasteiger partial charge in [-0.05, 0) is 56.3 Å². The van der Waals surface area contributed by atoms with Gasteiger partial charge < -0.3 is 15.4 Å². The minimum absolute atomic E-state index is 0.381. The molecule has 0 aliphatic carbocycles. The van der Waals surface area contributed by atoms with E-state index in [0.29, 0.717) is 34.7 Å². The first-order valence-corrected chi connectivity index (χ1v) is 10.8. The molecule has 1 heterocycles. The Hall–Kier alpha value is -3.25. The molecule has 29 heavy (non-hydrogen) atoms. The van der Waals surface area contributed by atoms with Crippen LogP contribution < -0.4 is 20.1 Å². The molecule has 152 valence electrons. The molecule has 0 aromatic heterocycles. The zero-order valence-electron chi connectivity index (χ0n) is 16.3. The molecule has 1 unspecified atom stereocenters. The second kappa shape index (κ2) is 7.64. The Morgan fingerprint density at radius 1 is 1.17 bits per heavy atom. The van der Waals surface area contributed by atoms with Gasteiger partial charge in [-0.2, -0.15) is 5.26 Å². The van der Waals surface area contributed by atoms with Crippen molar-refractivity contribution in [2.45, 2.75) is 31.9 Å². The highest BCUT2D eigenvalue weighted by molar-refractivity contribution is 7.92. The van der Waals surface area contributed by atoms with E-state index in [0.717, 1.165) is 6.26 Å². The van der Waals surface area contributed by atoms with Crippen molar-refractivity contribution in [1.82, 2.24) is 5.32 Å². The van der Waals surface area contributed by atoms with Gasteiger partial charge in [0.25, 0.3) is 0 Å². The number of urea groups is 1. The highest BCUT2D eigenvalue weighted by Crippen LogP contribution is 2.40. The van der Waals surface area contributed by atoms with Gasteiger partial charge in [0, 0.05) is 23.4 Å². The molecule has 1 aliphatic rings. The number of carbonyl (C=O) groups is 1. The van der Waals surface area contributed by atoms with Crippen molar-refractivity contribution >= 4 is 27.4 Å². The van der Waals surface area contributed by atoms with Crippen molar-refractivity contribution in [2.75, 3.05) is 16.3 Å². The van der Waals surface area contributed by atoms with Crippen LogP contribution in [0.5, 0.6) is 5.75 Å². The van der Waals surface area contributed by atoms with E-state index in [1.165, 1.54) is 0 Å². The lowest BCUT2D eigenvalue weighted by Gasteiger charge is -2.38. The maximum Gasteiger partial charge on any atom is 0.319 e. The van der Waals surface area contributed by atoms with E-state index in [4.69, 9.17) is 10.00 Å². The zero-order chi connectivity index (χ0) is 21.2. The average Bonchev–Trinajstić information content (AvgIpc) is 2.61. The summed E-state index contributed by atoms with van der Waals surface area (Å²) in [4.78, 5) is 12.5. The highest BCUT2D eigenvalue weighted by atomic mass is 32.2. The molecule has 2 amide bonds. The van der Waals surface area contributed by atoms with Crippen LogP contribution >= 0.6 is 0 Å². The molecule has 2 aromatic carbocycles. The van der Waals surface area contributed by atoms with Crippen LogP contribution in [0.1, 0.15) is 37.4 Å². The Bertz CT molecular complexity index is 1070. The molecular weight excluding hydrogens is 392 g/mol. The molecule has 0 saturated heterocycles. The molecule has 3 N–H and O–H groups in total. The summed E-state index contributed by atoms with van der Waals surface area (Å²) in [5.41, 5.74) is 1.63. The first-order chi connectivity index (χ1) is 13.5. The van der Waals surface area contributed by atoms with Crippen molar-refractivity contribution < 1.29 is 17.9 Å². The molecule has 0 bridgehead atoms. The number of ether oxygens (including phenoxy) is 1. The summed E-state index contributed by atoms with van der Waals surface area (Å²) in [6.45, 7) is 3.84. The number of nitrogens with one attached hydrogen (secondary N) is 3. The summed E-state index contributed by atoms with van der Waals surface area (Å²) >= 11 is 0. The number of hydrogen-bond donors (Lipinski definition) is 3. The molecule has 1 aliphatic heterocycles. The minimum atomic E-state index is -3.43. The average molecular weight is 414 g/mol. The van der Waals surface area contributed by atoms with E-state index in [1.54, 1.807) is 42.5 Å². The lowest BCUT2D eigenvalue weighted by molar-refractivity contribution is 0.0683. The summed E-state index contributed by atoms with van der Waals surface area (Å²) < 4.78 is 31.5. The van der Waals surface area contributed by atoms with Crippen molar-refractivity contribution in [3.63, 3.8) is 0 Å². The van der Waals surface area contributed by atoms with Gasteiger partial charge in [0.05, 0.1) is 23.9 Å². The molecule has 0 spiro atoms. The van der Waals surface area contributed by atoms with Gasteiger partial charge in [-0.25, -0.2) is 13.2 Å². The summed E-state index contributed by atoms with van der Waals surface area (Å²) in [5.74, 6) is 0.587. The third-order valence-electron chi connectivity index (χ3n) is 4.35. The molecule has 8 nitrogen and oxygen atoms in total. The molecule has 1 atom stereocenters. The van der Waals surface area contributed by atoms with Gasteiger partial charge >= 0.3 is 6.03 Å². The highest BCUT2D eigenvalue weighted by Gasteiger charge is 2.35. The smallest absolute Gasteiger partial charge is 0.319 e. The van der Waals surface area contributed by atoms with Crippen LogP contribution in [0.3, 0.4) is 0 Å². The molecule has 3 rings (SSSR count). The number of amides is 2. The van der Waals surface area contributed by atoms with Gasteiger partial charge in [-0.3, -0.25) is 4.72 Å². The number of anilines is 2. The number of sulfonamides is 1. The Kier molecular flexibility index (Phi) is 5.40. The van der Waals surface area contributed by atoms with Crippen molar-refractivity contribution in [3.8, 4) is 11.8 Å². The van der Waals surface area contributed by atoms with E-state index >= 15 is 0 Å². The van der Waals surface area contributed by atoms with Gasteiger partial charge in [-0.15, -0.1) is 0 Å². The third kappa shape index (κ3) is 5.39. The van der Waals surface area contributed by atoms with E-state index in [2.05, 4.69) is 15.4 Å². The van der Waals surface area contributed by atoms with Crippen LogP contribution in [0.15, 0.2) is 42.5 Å². The standard InChI is InChI=1S/C20H22N4O4S/c1-20(2)11-17(23-19(25)22-14-6-4-13(12-21)5-7-14)16-10-15(24-29(3,26)27)8-9-18(16)28-20/h4-10,17,24H,11H2,1-3H3,(H2,22,23,25). The summed E-state index contributed by atoms with van der Waals surface area (Å²) in [5, 5.41) is 14.5. The van der Waals surface area contributed by atoms with Crippen LogP contribution in [-0.2, 0) is 10.0 Å². The minimum Gasteiger partial charge on any atom is -0.487 e. The van der Waals surface area contributed by atoms with Gasteiger partial charge in [-0.1, -0.05) is 0 Å². The molecule has 0 fully saturated rings. The first-order valence-electron chi connectivity index (χ1n) is 8.93. The van der Waals surface area contributed by atoms with E-state index in [-0.39, 0.29) is 6.04 Å². The van der Waals surface area contributed by atoms with Crippen LogP contribution in [0.4, 0.5) is 16.2 Å². The fourth-order valence-corrected chi connectivity index (χ4v) is 3.77. The number of benzene rings is 2. The molecule has 2 aromatic rings. The van der Waals surface area contributed by atoms with E-state index in [9.17, 15) is 13.2 Å². The number of rotatable bonds is 4. The first kappa shape index (κ1) is 20.5. The van der Waals surface area contributed by atoms with Crippen molar-refractivity contribution in [2.24, 2.45) is 0 Å². The fraction of sp³-hybridized carbons (Fsp3) is 0.300. The summed E-state index contributed by atoms with van der Waals surface area (Å²) in [6.07, 6.45) is 1.58.